The fourth-order valence-electron chi connectivity index (χ4n) is 1.84. The summed E-state index contributed by atoms with van der Waals surface area (Å²) in [6.07, 6.45) is 1.79. The lowest BCUT2D eigenvalue weighted by Crippen LogP contribution is -2.25. The molecule has 0 saturated carbocycles. The highest BCUT2D eigenvalue weighted by Gasteiger charge is 2.35. The normalized spacial score (nSPS) is 20.2. The first-order chi connectivity index (χ1) is 7.70. The minimum atomic E-state index is -0.340. The maximum absolute atomic E-state index is 11.6. The summed E-state index contributed by atoms with van der Waals surface area (Å²) in [5.41, 5.74) is 0. The van der Waals surface area contributed by atoms with Crippen LogP contribution in [0.3, 0.4) is 0 Å². The molecule has 1 unspecified atom stereocenters. The van der Waals surface area contributed by atoms with E-state index in [4.69, 9.17) is 4.42 Å². The molecule has 1 saturated heterocycles. The van der Waals surface area contributed by atoms with Crippen LogP contribution in [-0.2, 0) is 20.9 Å². The van der Waals surface area contributed by atoms with Crippen LogP contribution in [0.4, 0.5) is 0 Å². The summed E-state index contributed by atoms with van der Waals surface area (Å²) in [4.78, 5) is 24.5. The number of methoxy groups -OCH3 is 1. The number of furan rings is 1. The number of amides is 1. The highest BCUT2D eigenvalue weighted by atomic mass is 16.5. The Kier molecular flexibility index (Phi) is 2.94. The summed E-state index contributed by atoms with van der Waals surface area (Å²) in [5.74, 6) is 0.0217. The van der Waals surface area contributed by atoms with Gasteiger partial charge in [-0.1, -0.05) is 0 Å². The molecule has 0 aliphatic carbocycles. The van der Waals surface area contributed by atoms with E-state index in [9.17, 15) is 9.59 Å². The average Bonchev–Trinajstić information content (AvgIpc) is 2.89. The first-order valence-corrected chi connectivity index (χ1v) is 5.08. The van der Waals surface area contributed by atoms with Crippen molar-refractivity contribution in [2.24, 2.45) is 5.92 Å². The summed E-state index contributed by atoms with van der Waals surface area (Å²) < 4.78 is 9.78. The van der Waals surface area contributed by atoms with Gasteiger partial charge in [0.05, 0.1) is 25.8 Å². The van der Waals surface area contributed by atoms with Gasteiger partial charge in [0.25, 0.3) is 0 Å². The van der Waals surface area contributed by atoms with Gasteiger partial charge >= 0.3 is 5.97 Å². The lowest BCUT2D eigenvalue weighted by atomic mass is 10.1. The standard InChI is InChI=1S/C11H13NO4/c1-15-11(14)8-5-10(13)12(6-8)7-9-3-2-4-16-9/h2-4,8H,5-7H2,1H3. The number of rotatable bonds is 3. The lowest BCUT2D eigenvalue weighted by molar-refractivity contribution is -0.145. The van der Waals surface area contributed by atoms with Crippen molar-refractivity contribution in [3.05, 3.63) is 24.2 Å². The predicted octanol–water partition coefficient (Wildman–Crippen LogP) is 0.801. The summed E-state index contributed by atoms with van der Waals surface area (Å²) in [6.45, 7) is 0.825. The van der Waals surface area contributed by atoms with Crippen molar-refractivity contribution in [3.8, 4) is 0 Å². The molecule has 2 rings (SSSR count). The van der Waals surface area contributed by atoms with Crippen LogP contribution < -0.4 is 0 Å². The summed E-state index contributed by atoms with van der Waals surface area (Å²) >= 11 is 0. The van der Waals surface area contributed by atoms with Gasteiger partial charge < -0.3 is 14.1 Å². The summed E-state index contributed by atoms with van der Waals surface area (Å²) in [5, 5.41) is 0. The topological polar surface area (TPSA) is 59.8 Å². The van der Waals surface area contributed by atoms with E-state index in [0.29, 0.717) is 13.1 Å². The van der Waals surface area contributed by atoms with Gasteiger partial charge in [0, 0.05) is 13.0 Å². The third-order valence-corrected chi connectivity index (χ3v) is 2.68. The second kappa shape index (κ2) is 4.38. The molecule has 1 fully saturated rings. The van der Waals surface area contributed by atoms with Gasteiger partial charge in [0.1, 0.15) is 5.76 Å². The van der Waals surface area contributed by atoms with Gasteiger partial charge in [0.2, 0.25) is 5.91 Å². The molecule has 1 atom stereocenters. The zero-order valence-electron chi connectivity index (χ0n) is 9.01. The minimum Gasteiger partial charge on any atom is -0.469 e. The van der Waals surface area contributed by atoms with Gasteiger partial charge in [-0.2, -0.15) is 0 Å². The van der Waals surface area contributed by atoms with E-state index in [1.54, 1.807) is 23.3 Å². The third kappa shape index (κ3) is 2.08. The number of carbonyl (C=O) groups excluding carboxylic acids is 2. The van der Waals surface area contributed by atoms with Gasteiger partial charge in [-0.25, -0.2) is 0 Å². The first-order valence-electron chi connectivity index (χ1n) is 5.08. The highest BCUT2D eigenvalue weighted by molar-refractivity contribution is 5.86. The van der Waals surface area contributed by atoms with Crippen molar-refractivity contribution >= 4 is 11.9 Å². The molecular weight excluding hydrogens is 210 g/mol. The smallest absolute Gasteiger partial charge is 0.310 e. The Labute approximate surface area is 93.0 Å². The van der Waals surface area contributed by atoms with Crippen LogP contribution in [0.15, 0.2) is 22.8 Å². The van der Waals surface area contributed by atoms with Crippen LogP contribution in [0.2, 0.25) is 0 Å². The fourth-order valence-corrected chi connectivity index (χ4v) is 1.84. The predicted molar refractivity (Wildman–Crippen MR) is 54.2 cm³/mol. The number of hydrogen-bond donors (Lipinski definition) is 0. The fraction of sp³-hybridized carbons (Fsp3) is 0.455. The Morgan fingerprint density at radius 2 is 2.50 bits per heavy atom. The van der Waals surface area contributed by atoms with Crippen LogP contribution in [0.25, 0.3) is 0 Å². The molecule has 1 amide bonds. The van der Waals surface area contributed by atoms with Crippen LogP contribution in [-0.4, -0.2) is 30.4 Å². The van der Waals surface area contributed by atoms with E-state index in [0.717, 1.165) is 5.76 Å². The largest absolute Gasteiger partial charge is 0.469 e. The van der Waals surface area contributed by atoms with Crippen molar-refractivity contribution in [1.29, 1.82) is 0 Å². The molecule has 1 aliphatic heterocycles. The molecule has 0 aromatic carbocycles. The van der Waals surface area contributed by atoms with E-state index in [1.807, 2.05) is 0 Å². The number of likely N-dealkylation sites (tertiary alicyclic amines) is 1. The molecule has 0 spiro atoms. The highest BCUT2D eigenvalue weighted by Crippen LogP contribution is 2.21. The van der Waals surface area contributed by atoms with Crippen molar-refractivity contribution in [2.75, 3.05) is 13.7 Å². The van der Waals surface area contributed by atoms with Crippen LogP contribution >= 0.6 is 0 Å². The molecule has 2 heterocycles. The van der Waals surface area contributed by atoms with Crippen molar-refractivity contribution < 1.29 is 18.7 Å². The summed E-state index contributed by atoms with van der Waals surface area (Å²) in [7, 11) is 1.34. The molecule has 16 heavy (non-hydrogen) atoms. The van der Waals surface area contributed by atoms with Gasteiger partial charge in [-0.05, 0) is 12.1 Å². The van der Waals surface area contributed by atoms with E-state index in [1.165, 1.54) is 7.11 Å². The van der Waals surface area contributed by atoms with E-state index in [-0.39, 0.29) is 24.2 Å². The average molecular weight is 223 g/mol. The molecule has 1 aromatic heterocycles. The van der Waals surface area contributed by atoms with Gasteiger partial charge in [-0.3, -0.25) is 9.59 Å². The summed E-state index contributed by atoms with van der Waals surface area (Å²) in [6, 6.07) is 3.58. The van der Waals surface area contributed by atoms with E-state index in [2.05, 4.69) is 4.74 Å². The second-order valence-corrected chi connectivity index (χ2v) is 3.78. The van der Waals surface area contributed by atoms with Crippen LogP contribution in [0.5, 0.6) is 0 Å². The van der Waals surface area contributed by atoms with Gasteiger partial charge in [0.15, 0.2) is 0 Å². The SMILES string of the molecule is COC(=O)C1CC(=O)N(Cc2ccco2)C1. The zero-order valence-corrected chi connectivity index (χ0v) is 9.01. The first kappa shape index (κ1) is 10.7. The number of hydrogen-bond acceptors (Lipinski definition) is 4. The Balaban J connectivity index is 1.97. The number of nitrogens with zero attached hydrogens (tertiary/aromatic N) is 1. The maximum Gasteiger partial charge on any atom is 0.310 e. The molecule has 0 bridgehead atoms. The quantitative estimate of drug-likeness (QED) is 0.711. The molecule has 5 heteroatoms. The van der Waals surface area contributed by atoms with Gasteiger partial charge in [-0.15, -0.1) is 0 Å². The molecule has 5 nitrogen and oxygen atoms in total. The van der Waals surface area contributed by atoms with Crippen LogP contribution in [0.1, 0.15) is 12.2 Å². The minimum absolute atomic E-state index is 0.0354. The Morgan fingerprint density at radius 3 is 3.12 bits per heavy atom. The van der Waals surface area contributed by atoms with Crippen molar-refractivity contribution in [2.45, 2.75) is 13.0 Å². The van der Waals surface area contributed by atoms with E-state index < -0.39 is 0 Å². The second-order valence-electron chi connectivity index (χ2n) is 3.78. The Bertz CT molecular complexity index is 385. The Morgan fingerprint density at radius 1 is 1.69 bits per heavy atom. The van der Waals surface area contributed by atoms with E-state index >= 15 is 0 Å². The van der Waals surface area contributed by atoms with Crippen molar-refractivity contribution in [1.82, 2.24) is 4.90 Å². The van der Waals surface area contributed by atoms with Crippen LogP contribution in [0, 0.1) is 5.92 Å². The molecule has 86 valence electrons. The molecule has 0 radical (unpaired) electrons. The maximum atomic E-state index is 11.6. The monoisotopic (exact) mass is 223 g/mol. The molecular formula is C11H13NO4. The molecule has 0 N–H and O–H groups in total. The van der Waals surface area contributed by atoms with Crippen molar-refractivity contribution in [3.63, 3.8) is 0 Å². The number of esters is 1. The number of ether oxygens (including phenoxy) is 1. The Hall–Kier alpha value is -1.78. The third-order valence-electron chi connectivity index (χ3n) is 2.68. The lowest BCUT2D eigenvalue weighted by Gasteiger charge is -2.14. The number of carbonyl (C=O) groups is 2. The molecule has 1 aromatic rings. The molecule has 1 aliphatic rings. The zero-order chi connectivity index (χ0) is 11.5.